The van der Waals surface area contributed by atoms with Crippen molar-refractivity contribution in [3.8, 4) is 0 Å². The average Bonchev–Trinajstić information content (AvgIpc) is 2.67. The summed E-state index contributed by atoms with van der Waals surface area (Å²) in [6.07, 6.45) is -0.970. The summed E-state index contributed by atoms with van der Waals surface area (Å²) >= 11 is 1.57. The molecule has 0 fully saturated rings. The lowest BCUT2D eigenvalue weighted by Crippen LogP contribution is -2.36. The number of benzene rings is 3. The van der Waals surface area contributed by atoms with Crippen molar-refractivity contribution in [2.24, 2.45) is 5.92 Å². The Bertz CT molecular complexity index is 957. The minimum atomic E-state index is -0.970. The molecule has 0 aliphatic heterocycles. The van der Waals surface area contributed by atoms with E-state index in [1.165, 1.54) is 0 Å². The molecule has 3 nitrogen and oxygen atoms in total. The van der Waals surface area contributed by atoms with Crippen LogP contribution in [0.2, 0.25) is 0 Å². The van der Waals surface area contributed by atoms with E-state index in [0.717, 1.165) is 21.2 Å². The first-order valence-corrected chi connectivity index (χ1v) is 10.7. The number of fused-ring (bicyclic) bond motifs is 1. The Morgan fingerprint density at radius 3 is 2.24 bits per heavy atom. The molecule has 0 saturated carbocycles. The molecule has 3 aromatic carbocycles. The standard InChI is InChI=1S/C25H28O3S/c1-17(29-19-13-6-5-7-14-19)22(24(27)28-25(2,3)4)23(26)21-16-10-12-18-11-8-9-15-20(18)21/h5-17,22-23,26H,1-4H3/t17-,22+,23-/m1/s1. The Kier molecular flexibility index (Phi) is 6.66. The summed E-state index contributed by atoms with van der Waals surface area (Å²) in [6, 6.07) is 23.7. The maximum Gasteiger partial charge on any atom is 0.313 e. The maximum absolute atomic E-state index is 13.1. The Morgan fingerprint density at radius 1 is 0.931 bits per heavy atom. The van der Waals surface area contributed by atoms with Crippen LogP contribution in [0.25, 0.3) is 10.8 Å². The zero-order valence-corrected chi connectivity index (χ0v) is 18.1. The first-order chi connectivity index (χ1) is 13.8. The summed E-state index contributed by atoms with van der Waals surface area (Å²) < 4.78 is 5.70. The van der Waals surface area contributed by atoms with Crippen LogP contribution in [0.5, 0.6) is 0 Å². The second-order valence-electron chi connectivity index (χ2n) is 8.21. The van der Waals surface area contributed by atoms with Gasteiger partial charge < -0.3 is 9.84 Å². The summed E-state index contributed by atoms with van der Waals surface area (Å²) in [5.41, 5.74) is 0.129. The normalized spacial score (nSPS) is 14.9. The van der Waals surface area contributed by atoms with E-state index in [1.54, 1.807) is 11.8 Å². The van der Waals surface area contributed by atoms with Crippen molar-refractivity contribution < 1.29 is 14.6 Å². The number of carbonyl (C=O) groups excluding carboxylic acids is 1. The lowest BCUT2D eigenvalue weighted by atomic mass is 9.89. The van der Waals surface area contributed by atoms with Gasteiger partial charge in [-0.2, -0.15) is 0 Å². The molecular formula is C25H28O3S. The molecule has 3 aromatic rings. The number of hydrogen-bond acceptors (Lipinski definition) is 4. The van der Waals surface area contributed by atoms with E-state index < -0.39 is 17.6 Å². The van der Waals surface area contributed by atoms with Gasteiger partial charge in [-0.05, 0) is 49.2 Å². The minimum Gasteiger partial charge on any atom is -0.460 e. The summed E-state index contributed by atoms with van der Waals surface area (Å²) in [6.45, 7) is 7.52. The molecule has 0 unspecified atom stereocenters. The van der Waals surface area contributed by atoms with Crippen LogP contribution in [-0.2, 0) is 9.53 Å². The minimum absolute atomic E-state index is 0.179. The average molecular weight is 409 g/mol. The highest BCUT2D eigenvalue weighted by atomic mass is 32.2. The van der Waals surface area contributed by atoms with Gasteiger partial charge >= 0.3 is 5.97 Å². The third kappa shape index (κ3) is 5.40. The molecule has 0 aliphatic rings. The van der Waals surface area contributed by atoms with Crippen molar-refractivity contribution in [1.82, 2.24) is 0 Å². The van der Waals surface area contributed by atoms with E-state index in [9.17, 15) is 9.90 Å². The van der Waals surface area contributed by atoms with Crippen molar-refractivity contribution in [3.63, 3.8) is 0 Å². The molecule has 29 heavy (non-hydrogen) atoms. The molecule has 0 heterocycles. The molecule has 0 saturated heterocycles. The predicted octanol–water partition coefficient (Wildman–Crippen LogP) is 6.01. The van der Waals surface area contributed by atoms with Gasteiger partial charge in [0.2, 0.25) is 0 Å². The van der Waals surface area contributed by atoms with E-state index in [2.05, 4.69) is 0 Å². The van der Waals surface area contributed by atoms with Gasteiger partial charge in [-0.25, -0.2) is 0 Å². The number of thioether (sulfide) groups is 1. The largest absolute Gasteiger partial charge is 0.460 e. The Balaban J connectivity index is 1.98. The third-order valence-electron chi connectivity index (χ3n) is 4.73. The smallest absolute Gasteiger partial charge is 0.313 e. The molecule has 0 aromatic heterocycles. The summed E-state index contributed by atoms with van der Waals surface area (Å²) in [5.74, 6) is -1.08. The molecule has 0 amide bonds. The van der Waals surface area contributed by atoms with Crippen LogP contribution in [0.1, 0.15) is 39.4 Å². The third-order valence-corrected chi connectivity index (χ3v) is 5.94. The first kappa shape index (κ1) is 21.4. The fourth-order valence-electron chi connectivity index (χ4n) is 3.44. The van der Waals surface area contributed by atoms with Gasteiger partial charge in [0.25, 0.3) is 0 Å². The Morgan fingerprint density at radius 2 is 1.55 bits per heavy atom. The van der Waals surface area contributed by atoms with Crippen LogP contribution in [0, 0.1) is 5.92 Å². The van der Waals surface area contributed by atoms with Crippen molar-refractivity contribution >= 4 is 28.5 Å². The topological polar surface area (TPSA) is 46.5 Å². The van der Waals surface area contributed by atoms with E-state index in [4.69, 9.17) is 4.74 Å². The summed E-state index contributed by atoms with van der Waals surface area (Å²) in [7, 11) is 0. The predicted molar refractivity (Wildman–Crippen MR) is 120 cm³/mol. The van der Waals surface area contributed by atoms with Crippen LogP contribution >= 0.6 is 11.8 Å². The van der Waals surface area contributed by atoms with Gasteiger partial charge in [-0.3, -0.25) is 4.79 Å². The molecule has 0 spiro atoms. The van der Waals surface area contributed by atoms with Gasteiger partial charge in [0.1, 0.15) is 5.60 Å². The van der Waals surface area contributed by atoms with E-state index in [1.807, 2.05) is 100 Å². The zero-order valence-electron chi connectivity index (χ0n) is 17.3. The number of aliphatic hydroxyl groups is 1. The number of ether oxygens (including phenoxy) is 1. The van der Waals surface area contributed by atoms with E-state index in [0.29, 0.717) is 0 Å². The highest BCUT2D eigenvalue weighted by Gasteiger charge is 2.37. The Labute approximate surface area is 177 Å². The fourth-order valence-corrected chi connectivity index (χ4v) is 4.59. The quantitative estimate of drug-likeness (QED) is 0.401. The van der Waals surface area contributed by atoms with Gasteiger partial charge in [0.15, 0.2) is 0 Å². The summed E-state index contributed by atoms with van der Waals surface area (Å²) in [4.78, 5) is 14.2. The van der Waals surface area contributed by atoms with Gasteiger partial charge in [0, 0.05) is 10.1 Å². The molecule has 4 heteroatoms. The molecule has 152 valence electrons. The van der Waals surface area contributed by atoms with E-state index in [-0.39, 0.29) is 11.2 Å². The maximum atomic E-state index is 13.1. The summed E-state index contributed by atoms with van der Waals surface area (Å²) in [5, 5.41) is 13.2. The van der Waals surface area contributed by atoms with Crippen molar-refractivity contribution in [1.29, 1.82) is 0 Å². The van der Waals surface area contributed by atoms with Crippen LogP contribution in [0.15, 0.2) is 77.7 Å². The number of esters is 1. The van der Waals surface area contributed by atoms with Gasteiger partial charge in [-0.1, -0.05) is 67.6 Å². The van der Waals surface area contributed by atoms with Crippen LogP contribution in [-0.4, -0.2) is 21.9 Å². The molecule has 1 N–H and O–H groups in total. The lowest BCUT2D eigenvalue weighted by molar-refractivity contribution is -0.164. The highest BCUT2D eigenvalue weighted by Crippen LogP contribution is 2.38. The monoisotopic (exact) mass is 408 g/mol. The number of hydrogen-bond donors (Lipinski definition) is 1. The van der Waals surface area contributed by atoms with E-state index >= 15 is 0 Å². The molecule has 3 atom stereocenters. The SMILES string of the molecule is C[C@@H](Sc1ccccc1)[C@H](C(=O)OC(C)(C)C)[C@H](O)c1cccc2ccccc12. The highest BCUT2D eigenvalue weighted by molar-refractivity contribution is 8.00. The molecular weight excluding hydrogens is 380 g/mol. The fraction of sp³-hybridized carbons (Fsp3) is 0.320. The van der Waals surface area contributed by atoms with Crippen molar-refractivity contribution in [2.45, 2.75) is 49.5 Å². The first-order valence-electron chi connectivity index (χ1n) is 9.86. The lowest BCUT2D eigenvalue weighted by Gasteiger charge is -2.30. The number of rotatable bonds is 6. The van der Waals surface area contributed by atoms with Crippen LogP contribution in [0.4, 0.5) is 0 Å². The zero-order chi connectivity index (χ0) is 21.0. The molecule has 0 bridgehead atoms. The van der Waals surface area contributed by atoms with Crippen LogP contribution in [0.3, 0.4) is 0 Å². The second kappa shape index (κ2) is 9.02. The molecule has 3 rings (SSSR count). The van der Waals surface area contributed by atoms with Gasteiger partial charge in [0.05, 0.1) is 12.0 Å². The second-order valence-corrected chi connectivity index (χ2v) is 9.66. The number of carbonyl (C=O) groups is 1. The Hall–Kier alpha value is -2.30. The molecule has 0 aliphatic carbocycles. The van der Waals surface area contributed by atoms with Gasteiger partial charge in [-0.15, -0.1) is 11.8 Å². The van der Waals surface area contributed by atoms with Crippen molar-refractivity contribution in [3.05, 3.63) is 78.4 Å². The van der Waals surface area contributed by atoms with Crippen molar-refractivity contribution in [2.75, 3.05) is 0 Å². The molecule has 0 radical (unpaired) electrons. The number of aliphatic hydroxyl groups excluding tert-OH is 1. The van der Waals surface area contributed by atoms with Crippen LogP contribution < -0.4 is 0 Å².